The fourth-order valence-corrected chi connectivity index (χ4v) is 2.40. The summed E-state index contributed by atoms with van der Waals surface area (Å²) in [5.74, 6) is 0.00660. The van der Waals surface area contributed by atoms with Crippen molar-refractivity contribution in [2.75, 3.05) is 0 Å². The molecule has 0 bridgehead atoms. The second-order valence-electron chi connectivity index (χ2n) is 6.07. The maximum atomic E-state index is 12.0. The van der Waals surface area contributed by atoms with Gasteiger partial charge in [-0.2, -0.15) is 0 Å². The molecule has 18 heavy (non-hydrogen) atoms. The number of aromatic nitrogens is 1. The van der Waals surface area contributed by atoms with Gasteiger partial charge in [0.25, 0.3) is 0 Å². The van der Waals surface area contributed by atoms with E-state index in [2.05, 4.69) is 15.6 Å². The Kier molecular flexibility index (Phi) is 4.50. The Balaban J connectivity index is 2.64. The molecule has 1 heterocycles. The van der Waals surface area contributed by atoms with Crippen LogP contribution in [0.4, 0.5) is 0 Å². The van der Waals surface area contributed by atoms with E-state index in [1.165, 1.54) is 0 Å². The van der Waals surface area contributed by atoms with E-state index >= 15 is 0 Å². The zero-order valence-corrected chi connectivity index (χ0v) is 12.8. The van der Waals surface area contributed by atoms with Crippen LogP contribution in [0.3, 0.4) is 0 Å². The van der Waals surface area contributed by atoms with Gasteiger partial charge in [-0.15, -0.1) is 11.3 Å². The summed E-state index contributed by atoms with van der Waals surface area (Å²) in [7, 11) is 0. The minimum absolute atomic E-state index is 0.00660. The fraction of sp³-hybridized carbons (Fsp3) is 0.692. The number of hydrogen-bond acceptors (Lipinski definition) is 4. The Morgan fingerprint density at radius 3 is 2.39 bits per heavy atom. The molecule has 5 heteroatoms. The summed E-state index contributed by atoms with van der Waals surface area (Å²) in [4.78, 5) is 16.3. The molecule has 1 aromatic rings. The lowest BCUT2D eigenvalue weighted by molar-refractivity contribution is -0.124. The highest BCUT2D eigenvalue weighted by Crippen LogP contribution is 2.22. The van der Waals surface area contributed by atoms with Gasteiger partial charge in [-0.05, 0) is 41.5 Å². The highest BCUT2D eigenvalue weighted by atomic mass is 32.1. The molecule has 0 saturated heterocycles. The van der Waals surface area contributed by atoms with Crippen molar-refractivity contribution in [1.82, 2.24) is 15.6 Å². The normalized spacial score (nSPS) is 14.3. The van der Waals surface area contributed by atoms with Crippen LogP contribution in [0.1, 0.15) is 46.6 Å². The van der Waals surface area contributed by atoms with Gasteiger partial charge in [-0.1, -0.05) is 0 Å². The molecule has 1 atom stereocenters. The van der Waals surface area contributed by atoms with Crippen LogP contribution in [0.5, 0.6) is 0 Å². The first kappa shape index (κ1) is 15.1. The molecule has 0 aliphatic carbocycles. The summed E-state index contributed by atoms with van der Waals surface area (Å²) in [6, 6.07) is -0.261. The molecule has 0 fully saturated rings. The van der Waals surface area contributed by atoms with Crippen LogP contribution in [0.2, 0.25) is 0 Å². The predicted molar refractivity (Wildman–Crippen MR) is 75.6 cm³/mol. The average Bonchev–Trinajstić information content (AvgIpc) is 2.66. The van der Waals surface area contributed by atoms with Gasteiger partial charge in [-0.25, -0.2) is 4.98 Å². The summed E-state index contributed by atoms with van der Waals surface area (Å²) in [5.41, 5.74) is -0.513. The van der Waals surface area contributed by atoms with E-state index in [9.17, 15) is 4.79 Å². The maximum Gasteiger partial charge on any atom is 0.237 e. The first-order valence-corrected chi connectivity index (χ1v) is 6.99. The van der Waals surface area contributed by atoms with Gasteiger partial charge in [0.05, 0.1) is 11.6 Å². The summed E-state index contributed by atoms with van der Waals surface area (Å²) >= 11 is 1.59. The van der Waals surface area contributed by atoms with Gasteiger partial charge in [0, 0.05) is 17.1 Å². The van der Waals surface area contributed by atoms with Crippen LogP contribution >= 0.6 is 11.3 Å². The second-order valence-corrected chi connectivity index (χ2v) is 6.96. The molecule has 1 aromatic heterocycles. The van der Waals surface area contributed by atoms with Crippen LogP contribution in [0, 0.1) is 0 Å². The molecule has 0 saturated carbocycles. The summed E-state index contributed by atoms with van der Waals surface area (Å²) < 4.78 is 0. The number of carbonyl (C=O) groups excluding carboxylic acids is 1. The second kappa shape index (κ2) is 5.36. The van der Waals surface area contributed by atoms with E-state index < -0.39 is 0 Å². The summed E-state index contributed by atoms with van der Waals surface area (Å²) in [6.45, 7) is 11.9. The van der Waals surface area contributed by atoms with E-state index in [0.717, 1.165) is 5.01 Å². The molecule has 4 nitrogen and oxygen atoms in total. The van der Waals surface area contributed by atoms with Gasteiger partial charge in [0.15, 0.2) is 0 Å². The smallest absolute Gasteiger partial charge is 0.237 e. The largest absolute Gasteiger partial charge is 0.350 e. The van der Waals surface area contributed by atoms with E-state index in [0.29, 0.717) is 0 Å². The zero-order valence-electron chi connectivity index (χ0n) is 12.0. The van der Waals surface area contributed by atoms with Crippen molar-refractivity contribution in [3.63, 3.8) is 0 Å². The van der Waals surface area contributed by atoms with E-state index in [1.54, 1.807) is 17.5 Å². The van der Waals surface area contributed by atoms with Crippen LogP contribution in [0.25, 0.3) is 0 Å². The van der Waals surface area contributed by atoms with Crippen molar-refractivity contribution in [2.24, 2.45) is 0 Å². The highest BCUT2D eigenvalue weighted by molar-refractivity contribution is 7.09. The molecule has 1 unspecified atom stereocenters. The number of nitrogens with one attached hydrogen (secondary N) is 2. The Bertz CT molecular complexity index is 393. The Hall–Kier alpha value is -0.940. The van der Waals surface area contributed by atoms with E-state index in [1.807, 2.05) is 46.9 Å². The van der Waals surface area contributed by atoms with Gasteiger partial charge in [0.2, 0.25) is 5.91 Å². The number of thiazole rings is 1. The predicted octanol–water partition coefficient (Wildman–Crippen LogP) is 2.27. The Labute approximate surface area is 113 Å². The monoisotopic (exact) mass is 269 g/mol. The minimum atomic E-state index is -0.303. The molecule has 0 radical (unpaired) electrons. The van der Waals surface area contributed by atoms with Crippen molar-refractivity contribution in [1.29, 1.82) is 0 Å². The molecule has 0 aromatic carbocycles. The number of hydrogen-bond donors (Lipinski definition) is 2. The minimum Gasteiger partial charge on any atom is -0.350 e. The third-order valence-corrected chi connectivity index (χ3v) is 3.53. The number of nitrogens with zero attached hydrogens (tertiary/aromatic N) is 1. The first-order valence-electron chi connectivity index (χ1n) is 6.11. The van der Waals surface area contributed by atoms with E-state index in [-0.39, 0.29) is 23.0 Å². The highest BCUT2D eigenvalue weighted by Gasteiger charge is 2.28. The molecule has 2 N–H and O–H groups in total. The topological polar surface area (TPSA) is 54.0 Å². The Morgan fingerprint density at radius 2 is 1.94 bits per heavy atom. The lowest BCUT2D eigenvalue weighted by Gasteiger charge is -2.30. The standard InChI is InChI=1S/C13H23N3OS/c1-9(10(17)16-12(2,3)4)15-13(5,6)11-14-7-8-18-11/h7-9,15H,1-6H3,(H,16,17). The van der Waals surface area contributed by atoms with Crippen LogP contribution in [-0.4, -0.2) is 22.5 Å². The number of rotatable bonds is 4. The molecular formula is C13H23N3OS. The number of amides is 1. The first-order chi connectivity index (χ1) is 8.12. The molecule has 1 amide bonds. The van der Waals surface area contributed by atoms with Crippen LogP contribution < -0.4 is 10.6 Å². The van der Waals surface area contributed by atoms with Gasteiger partial charge < -0.3 is 5.32 Å². The lowest BCUT2D eigenvalue weighted by Crippen LogP contribution is -2.53. The van der Waals surface area contributed by atoms with E-state index in [4.69, 9.17) is 0 Å². The summed E-state index contributed by atoms with van der Waals surface area (Å²) in [5, 5.41) is 9.21. The maximum absolute atomic E-state index is 12.0. The van der Waals surface area contributed by atoms with Crippen molar-refractivity contribution < 1.29 is 4.79 Å². The SMILES string of the molecule is CC(NC(C)(C)c1nccs1)C(=O)NC(C)(C)C. The lowest BCUT2D eigenvalue weighted by atomic mass is 10.0. The van der Waals surface area contributed by atoms with Crippen LogP contribution in [0.15, 0.2) is 11.6 Å². The molecule has 102 valence electrons. The quantitative estimate of drug-likeness (QED) is 0.881. The van der Waals surface area contributed by atoms with Crippen molar-refractivity contribution in [2.45, 2.75) is 58.7 Å². The average molecular weight is 269 g/mol. The molecular weight excluding hydrogens is 246 g/mol. The third-order valence-electron chi connectivity index (χ3n) is 2.44. The summed E-state index contributed by atoms with van der Waals surface area (Å²) in [6.07, 6.45) is 1.78. The third kappa shape index (κ3) is 4.38. The molecule has 0 aliphatic heterocycles. The van der Waals surface area contributed by atoms with Crippen molar-refractivity contribution in [3.8, 4) is 0 Å². The fourth-order valence-electron chi connectivity index (χ4n) is 1.68. The molecule has 1 rings (SSSR count). The van der Waals surface area contributed by atoms with Crippen LogP contribution in [-0.2, 0) is 10.3 Å². The molecule has 0 aliphatic rings. The van der Waals surface area contributed by atoms with Gasteiger partial charge in [-0.3, -0.25) is 10.1 Å². The van der Waals surface area contributed by atoms with Gasteiger partial charge >= 0.3 is 0 Å². The molecule has 0 spiro atoms. The zero-order chi connectivity index (χ0) is 14.0. The number of carbonyl (C=O) groups is 1. The Morgan fingerprint density at radius 1 is 1.33 bits per heavy atom. The van der Waals surface area contributed by atoms with Crippen molar-refractivity contribution >= 4 is 17.2 Å². The van der Waals surface area contributed by atoms with Crippen molar-refractivity contribution in [3.05, 3.63) is 16.6 Å². The van der Waals surface area contributed by atoms with Gasteiger partial charge in [0.1, 0.15) is 5.01 Å².